The molecule has 1 unspecified atom stereocenters. The number of ether oxygens (including phenoxy) is 3. The topological polar surface area (TPSA) is 32.1 Å². The van der Waals surface area contributed by atoms with Crippen LogP contribution in [0.2, 0.25) is 0 Å². The maximum atomic E-state index is 5.72. The van der Waals surface area contributed by atoms with Crippen molar-refractivity contribution in [3.63, 3.8) is 0 Å². The van der Waals surface area contributed by atoms with Crippen molar-refractivity contribution < 1.29 is 19.1 Å². The fraction of sp³-hybridized carbons (Fsp3) is 0.400. The summed E-state index contributed by atoms with van der Waals surface area (Å²) in [5.74, 6) is 1.68. The maximum Gasteiger partial charge on any atom is 0.119 e. The SMILES string of the molecule is COc1ccc(OCCOCC[NH+]2CCc3ccccc3C2)cc1. The summed E-state index contributed by atoms with van der Waals surface area (Å²) >= 11 is 0. The highest BCUT2D eigenvalue weighted by molar-refractivity contribution is 5.31. The first-order chi connectivity index (χ1) is 11.8. The highest BCUT2D eigenvalue weighted by atomic mass is 16.5. The molecule has 0 spiro atoms. The van der Waals surface area contributed by atoms with Gasteiger partial charge < -0.3 is 19.1 Å². The van der Waals surface area contributed by atoms with E-state index < -0.39 is 0 Å². The van der Waals surface area contributed by atoms with Crippen LogP contribution in [0, 0.1) is 0 Å². The Morgan fingerprint density at radius 3 is 2.42 bits per heavy atom. The zero-order valence-electron chi connectivity index (χ0n) is 14.3. The minimum atomic E-state index is 0.574. The second kappa shape index (κ2) is 8.71. The standard InChI is InChI=1S/C20H25NO3/c1-22-19-6-8-20(9-7-19)24-15-14-23-13-12-21-11-10-17-4-2-3-5-18(17)16-21/h2-9H,10-16H2,1H3/p+1. The molecule has 0 saturated heterocycles. The molecule has 4 heteroatoms. The molecule has 0 saturated carbocycles. The summed E-state index contributed by atoms with van der Waals surface area (Å²) in [6.45, 7) is 5.34. The minimum absolute atomic E-state index is 0.574. The molecule has 0 amide bonds. The van der Waals surface area contributed by atoms with Gasteiger partial charge in [0.2, 0.25) is 0 Å². The van der Waals surface area contributed by atoms with E-state index in [9.17, 15) is 0 Å². The average molecular weight is 328 g/mol. The molecule has 24 heavy (non-hydrogen) atoms. The number of benzene rings is 2. The van der Waals surface area contributed by atoms with Gasteiger partial charge in [-0.1, -0.05) is 24.3 Å². The van der Waals surface area contributed by atoms with Crippen LogP contribution < -0.4 is 14.4 Å². The maximum absolute atomic E-state index is 5.72. The number of nitrogens with one attached hydrogen (secondary N) is 1. The Labute approximate surface area is 144 Å². The van der Waals surface area contributed by atoms with Crippen molar-refractivity contribution in [2.75, 3.05) is 40.0 Å². The molecule has 2 aromatic rings. The smallest absolute Gasteiger partial charge is 0.119 e. The molecule has 3 rings (SSSR count). The van der Waals surface area contributed by atoms with Gasteiger partial charge in [-0.25, -0.2) is 0 Å². The predicted octanol–water partition coefficient (Wildman–Crippen LogP) is 1.73. The Kier molecular flexibility index (Phi) is 6.10. The fourth-order valence-corrected chi connectivity index (χ4v) is 3.07. The normalized spacial score (nSPS) is 16.5. The van der Waals surface area contributed by atoms with Gasteiger partial charge in [-0.3, -0.25) is 0 Å². The van der Waals surface area contributed by atoms with Crippen molar-refractivity contribution >= 4 is 0 Å². The summed E-state index contributed by atoms with van der Waals surface area (Å²) in [6, 6.07) is 16.4. The molecule has 0 radical (unpaired) electrons. The Hall–Kier alpha value is -2.04. The molecule has 1 aliphatic heterocycles. The van der Waals surface area contributed by atoms with Crippen LogP contribution in [0.1, 0.15) is 11.1 Å². The third-order valence-corrected chi connectivity index (χ3v) is 4.46. The molecule has 0 aliphatic carbocycles. The van der Waals surface area contributed by atoms with Crippen LogP contribution in [0.25, 0.3) is 0 Å². The average Bonchev–Trinajstić information content (AvgIpc) is 2.65. The third kappa shape index (κ3) is 4.73. The van der Waals surface area contributed by atoms with Crippen LogP contribution in [0.15, 0.2) is 48.5 Å². The first-order valence-corrected chi connectivity index (χ1v) is 8.60. The molecule has 0 bridgehead atoms. The zero-order valence-corrected chi connectivity index (χ0v) is 14.3. The van der Waals surface area contributed by atoms with Gasteiger partial charge in [-0.2, -0.15) is 0 Å². The van der Waals surface area contributed by atoms with Crippen LogP contribution in [-0.2, 0) is 17.7 Å². The van der Waals surface area contributed by atoms with E-state index in [1.165, 1.54) is 24.1 Å². The summed E-state index contributed by atoms with van der Waals surface area (Å²) in [7, 11) is 1.66. The largest absolute Gasteiger partial charge is 0.497 e. The molecule has 0 aromatic heterocycles. The lowest BCUT2D eigenvalue weighted by atomic mass is 10.0. The van der Waals surface area contributed by atoms with E-state index in [2.05, 4.69) is 24.3 Å². The third-order valence-electron chi connectivity index (χ3n) is 4.46. The van der Waals surface area contributed by atoms with E-state index in [1.807, 2.05) is 24.3 Å². The van der Waals surface area contributed by atoms with Crippen molar-refractivity contribution in [1.29, 1.82) is 0 Å². The highest BCUT2D eigenvalue weighted by Crippen LogP contribution is 2.16. The van der Waals surface area contributed by atoms with Crippen molar-refractivity contribution in [3.8, 4) is 11.5 Å². The van der Waals surface area contributed by atoms with Gasteiger partial charge in [0.05, 0.1) is 26.9 Å². The van der Waals surface area contributed by atoms with Crippen molar-refractivity contribution in [2.45, 2.75) is 13.0 Å². The highest BCUT2D eigenvalue weighted by Gasteiger charge is 2.18. The molecule has 0 fully saturated rings. The summed E-state index contributed by atoms with van der Waals surface area (Å²) in [5, 5.41) is 0. The second-order valence-corrected chi connectivity index (χ2v) is 6.08. The molecule has 128 valence electrons. The van der Waals surface area contributed by atoms with Crippen LogP contribution >= 0.6 is 0 Å². The lowest BCUT2D eigenvalue weighted by molar-refractivity contribution is -0.916. The lowest BCUT2D eigenvalue weighted by Gasteiger charge is -2.25. The summed E-state index contributed by atoms with van der Waals surface area (Å²) in [4.78, 5) is 1.60. The minimum Gasteiger partial charge on any atom is -0.497 e. The summed E-state index contributed by atoms with van der Waals surface area (Å²) in [6.07, 6.45) is 1.17. The van der Waals surface area contributed by atoms with Gasteiger partial charge >= 0.3 is 0 Å². The molecule has 1 atom stereocenters. The van der Waals surface area contributed by atoms with Crippen LogP contribution in [0.5, 0.6) is 11.5 Å². The van der Waals surface area contributed by atoms with Gasteiger partial charge in [0.1, 0.15) is 31.2 Å². The van der Waals surface area contributed by atoms with E-state index in [0.717, 1.165) is 31.2 Å². The monoisotopic (exact) mass is 328 g/mol. The Balaban J connectivity index is 1.29. The number of rotatable bonds is 8. The van der Waals surface area contributed by atoms with Crippen LogP contribution in [0.3, 0.4) is 0 Å². The molecule has 1 aliphatic rings. The van der Waals surface area contributed by atoms with Gasteiger partial charge in [-0.05, 0) is 29.8 Å². The molecule has 1 N–H and O–H groups in total. The first-order valence-electron chi connectivity index (χ1n) is 8.60. The van der Waals surface area contributed by atoms with E-state index >= 15 is 0 Å². The summed E-state index contributed by atoms with van der Waals surface area (Å²) < 4.78 is 16.5. The number of quaternary nitrogens is 1. The van der Waals surface area contributed by atoms with Gasteiger partial charge in [0.15, 0.2) is 0 Å². The first kappa shape index (κ1) is 16.8. The van der Waals surface area contributed by atoms with Crippen LogP contribution in [0.4, 0.5) is 0 Å². The summed E-state index contributed by atoms with van der Waals surface area (Å²) in [5.41, 5.74) is 3.00. The van der Waals surface area contributed by atoms with E-state index in [0.29, 0.717) is 13.2 Å². The van der Waals surface area contributed by atoms with Gasteiger partial charge in [0.25, 0.3) is 0 Å². The van der Waals surface area contributed by atoms with Gasteiger partial charge in [-0.15, -0.1) is 0 Å². The van der Waals surface area contributed by atoms with E-state index in [-0.39, 0.29) is 0 Å². The predicted molar refractivity (Wildman–Crippen MR) is 93.9 cm³/mol. The molecular weight excluding hydrogens is 302 g/mol. The molecule has 4 nitrogen and oxygen atoms in total. The number of methoxy groups -OCH3 is 1. The number of hydrogen-bond acceptors (Lipinski definition) is 3. The number of hydrogen-bond donors (Lipinski definition) is 1. The molecule has 2 aromatic carbocycles. The molecular formula is C20H26NO3+. The Morgan fingerprint density at radius 2 is 1.62 bits per heavy atom. The lowest BCUT2D eigenvalue weighted by Crippen LogP contribution is -3.12. The van der Waals surface area contributed by atoms with Crippen molar-refractivity contribution in [3.05, 3.63) is 59.7 Å². The van der Waals surface area contributed by atoms with Crippen molar-refractivity contribution in [2.24, 2.45) is 0 Å². The van der Waals surface area contributed by atoms with E-state index in [1.54, 1.807) is 12.0 Å². The van der Waals surface area contributed by atoms with Gasteiger partial charge in [0, 0.05) is 12.0 Å². The van der Waals surface area contributed by atoms with Crippen LogP contribution in [-0.4, -0.2) is 40.0 Å². The number of fused-ring (bicyclic) bond motifs is 1. The fourth-order valence-electron chi connectivity index (χ4n) is 3.07. The Bertz CT molecular complexity index is 627. The second-order valence-electron chi connectivity index (χ2n) is 6.08. The quantitative estimate of drug-likeness (QED) is 0.749. The van der Waals surface area contributed by atoms with E-state index in [4.69, 9.17) is 14.2 Å². The van der Waals surface area contributed by atoms with Crippen molar-refractivity contribution in [1.82, 2.24) is 0 Å². The molecule has 1 heterocycles. The Morgan fingerprint density at radius 1 is 0.875 bits per heavy atom. The zero-order chi connectivity index (χ0) is 16.6.